The Morgan fingerprint density at radius 1 is 0.730 bits per heavy atom. The van der Waals surface area contributed by atoms with Gasteiger partial charge in [-0.15, -0.1) is 106 Å². The number of hydrogen-bond donors (Lipinski definition) is 2. The van der Waals surface area contributed by atoms with Crippen molar-refractivity contribution >= 4 is 137 Å². The highest BCUT2D eigenvalue weighted by Gasteiger charge is 2.01. The van der Waals surface area contributed by atoms with Gasteiger partial charge in [0, 0.05) is 30.5 Å². The van der Waals surface area contributed by atoms with Crippen LogP contribution in [0.5, 0.6) is 0 Å². The fraction of sp³-hybridized carbons (Fsp3) is 0.824. The maximum atomic E-state index is 11.6. The Balaban J connectivity index is 3.22. The van der Waals surface area contributed by atoms with Crippen molar-refractivity contribution in [1.29, 1.82) is 0 Å². The molecule has 0 unspecified atom stereocenters. The fourth-order valence-corrected chi connectivity index (χ4v) is 9.20. The second kappa shape index (κ2) is 35.6. The molecule has 20 heteroatoms. The summed E-state index contributed by atoms with van der Waals surface area (Å²) >= 11 is 16.3. The third-order valence-corrected chi connectivity index (χ3v) is 13.0. The summed E-state index contributed by atoms with van der Waals surface area (Å²) in [5, 5.41) is 16.5. The van der Waals surface area contributed by atoms with Crippen LogP contribution in [0.2, 0.25) is 0 Å². The topological polar surface area (TPSA) is 120 Å². The molecule has 0 aliphatic heterocycles. The molecule has 0 radical (unpaired) electrons. The largest absolute Gasteiger partial charge is 0.438 e. The van der Waals surface area contributed by atoms with Crippen LogP contribution in [0.3, 0.4) is 0 Å². The Hall–Kier alpha value is 1.59. The van der Waals surface area contributed by atoms with Gasteiger partial charge in [0.15, 0.2) is 0 Å². The third kappa shape index (κ3) is 35.6. The number of carbonyl (C=O) groups is 1. The van der Waals surface area contributed by atoms with Crippen LogP contribution in [-0.2, 0) is 24.3 Å². The molecule has 0 bridgehead atoms. The van der Waals surface area contributed by atoms with Gasteiger partial charge < -0.3 is 24.9 Å². The van der Waals surface area contributed by atoms with Crippen molar-refractivity contribution < 1.29 is 34.2 Å². The zero-order valence-corrected chi connectivity index (χ0v) is 28.4. The van der Waals surface area contributed by atoms with Gasteiger partial charge in [-0.25, -0.2) is 14.8 Å². The molecule has 0 spiro atoms. The minimum Gasteiger partial charge on any atom is -0.438 e. The predicted octanol–water partition coefficient (Wildman–Crippen LogP) is 6.07. The van der Waals surface area contributed by atoms with E-state index in [4.69, 9.17) is 29.4 Å². The molecule has 37 heavy (non-hydrogen) atoms. The number of aliphatic hydroxyl groups excluding tert-OH is 1. The van der Waals surface area contributed by atoms with Gasteiger partial charge in [0.25, 0.3) is 0 Å². The molecule has 0 aromatic heterocycles. The fourth-order valence-electron chi connectivity index (χ4n) is 1.37. The summed E-state index contributed by atoms with van der Waals surface area (Å²) in [6, 6.07) is 0. The van der Waals surface area contributed by atoms with Crippen LogP contribution in [0.25, 0.3) is 0 Å². The normalized spacial score (nSPS) is 11.4. The molecule has 0 aromatic carbocycles. The van der Waals surface area contributed by atoms with Crippen molar-refractivity contribution in [3.05, 3.63) is 0 Å². The molecule has 0 saturated heterocycles. The van der Waals surface area contributed by atoms with Gasteiger partial charge in [-0.3, -0.25) is 0 Å². The lowest BCUT2D eigenvalue weighted by Crippen LogP contribution is -2.23. The van der Waals surface area contributed by atoms with E-state index in [1.165, 1.54) is 36.3 Å². The number of carbonyl (C=O) groups excluding carboxylic acids is 1. The highest BCUT2D eigenvalue weighted by atomic mass is 32.2. The quantitative estimate of drug-likeness (QED) is 0.0233. The number of rotatable bonds is 29. The molecule has 2 N–H and O–H groups in total. The molecule has 0 fully saturated rings. The Morgan fingerprint density at radius 2 is 1.27 bits per heavy atom. The average molecular weight is 712 g/mol. The lowest BCUT2D eigenvalue weighted by atomic mass is 11.1. The molecule has 0 rings (SSSR count). The lowest BCUT2D eigenvalue weighted by molar-refractivity contribution is -0.196. The summed E-state index contributed by atoms with van der Waals surface area (Å²) in [4.78, 5) is 39.3. The molecule has 0 aliphatic carbocycles. The monoisotopic (exact) mass is 711 g/mol. The van der Waals surface area contributed by atoms with Crippen LogP contribution < -0.4 is 5.32 Å². The van der Waals surface area contributed by atoms with E-state index in [1.807, 2.05) is 0 Å². The number of nitrogens with zero attached hydrogens (tertiary/aromatic N) is 2. The van der Waals surface area contributed by atoms with Gasteiger partial charge in [0.05, 0.1) is 23.6 Å². The highest BCUT2D eigenvalue weighted by molar-refractivity contribution is 8.23. The molecule has 10 nitrogen and oxygen atoms in total. The standard InChI is InChI=1S/C17H33N3O7S10/c1-28-11-29-4-18-2-24-27-10-35-16-37-15-33-8-23-17(22)20-6-31-13-36-12-30-5-19-3-25-26-9-34-14-32-7-21/h2-3,21H,4-16H2,1H3,(H,20,22). The molecule has 1 amide bonds. The number of hydrogen-bond acceptors (Lipinski definition) is 19. The third-order valence-electron chi connectivity index (χ3n) is 2.68. The Morgan fingerprint density at radius 3 is 1.89 bits per heavy atom. The number of aliphatic imine (C=N–C) groups is 2. The lowest BCUT2D eigenvalue weighted by Gasteiger charge is -2.06. The number of thioether (sulfide) groups is 10. The van der Waals surface area contributed by atoms with E-state index >= 15 is 0 Å². The predicted molar refractivity (Wildman–Crippen MR) is 178 cm³/mol. The molecule has 0 saturated carbocycles. The van der Waals surface area contributed by atoms with Crippen LogP contribution in [0.4, 0.5) is 4.79 Å². The first-order valence-electron chi connectivity index (χ1n) is 10.0. The number of alkyl carbamates (subject to hydrolysis) is 1. The smallest absolute Gasteiger partial charge is 0.408 e. The van der Waals surface area contributed by atoms with Crippen molar-refractivity contribution in [3.63, 3.8) is 0 Å². The Labute approximate surface area is 262 Å². The van der Waals surface area contributed by atoms with Gasteiger partial charge >= 0.3 is 6.09 Å². The van der Waals surface area contributed by atoms with Crippen LogP contribution in [0.15, 0.2) is 9.98 Å². The second-order valence-corrected chi connectivity index (χ2v) is 17.0. The van der Waals surface area contributed by atoms with Crippen LogP contribution in [-0.4, -0.2) is 102 Å². The van der Waals surface area contributed by atoms with Gasteiger partial charge in [-0.1, -0.05) is 0 Å². The van der Waals surface area contributed by atoms with Gasteiger partial charge in [0.1, 0.15) is 17.8 Å². The first-order chi connectivity index (χ1) is 18.3. The maximum absolute atomic E-state index is 11.6. The number of nitrogens with one attached hydrogen (secondary N) is 1. The SMILES string of the molecule is CSCSCN=COOCSCSCSCOC(=O)NCSCSCSCN=COOCSCSCO. The van der Waals surface area contributed by atoms with Crippen LogP contribution >= 0.6 is 118 Å². The van der Waals surface area contributed by atoms with E-state index in [-0.39, 0.29) is 5.94 Å². The molecule has 0 atom stereocenters. The number of ether oxygens (including phenoxy) is 1. The minimum atomic E-state index is -0.403. The van der Waals surface area contributed by atoms with Crippen molar-refractivity contribution in [2.75, 3.05) is 78.2 Å². The summed E-state index contributed by atoms with van der Waals surface area (Å²) in [5.74, 6) is 3.01. The average Bonchev–Trinajstić information content (AvgIpc) is 2.90. The highest BCUT2D eigenvalue weighted by Crippen LogP contribution is 2.19. The van der Waals surface area contributed by atoms with Crippen molar-refractivity contribution in [2.24, 2.45) is 9.98 Å². The van der Waals surface area contributed by atoms with Crippen LogP contribution in [0, 0.1) is 0 Å². The summed E-state index contributed by atoms with van der Waals surface area (Å²) < 4.78 is 5.13. The molecular formula is C17H33N3O7S10. The van der Waals surface area contributed by atoms with E-state index in [0.29, 0.717) is 35.4 Å². The van der Waals surface area contributed by atoms with E-state index in [2.05, 4.69) is 21.6 Å². The second-order valence-electron chi connectivity index (χ2n) is 5.33. The van der Waals surface area contributed by atoms with Gasteiger partial charge in [0.2, 0.25) is 12.8 Å². The first kappa shape index (κ1) is 38.6. The summed E-state index contributed by atoms with van der Waals surface area (Å²) in [6.45, 7) is 0. The molecule has 0 aromatic rings. The molecule has 218 valence electrons. The van der Waals surface area contributed by atoms with Crippen molar-refractivity contribution in [2.45, 2.75) is 0 Å². The van der Waals surface area contributed by atoms with Crippen LogP contribution in [0.1, 0.15) is 0 Å². The summed E-state index contributed by atoms with van der Waals surface area (Å²) in [5.41, 5.74) is 0. The Bertz CT molecular complexity index is 548. The van der Waals surface area contributed by atoms with E-state index < -0.39 is 6.09 Å². The van der Waals surface area contributed by atoms with E-state index in [1.54, 1.807) is 94.1 Å². The minimum absolute atomic E-state index is 0.107. The number of amides is 1. The number of aliphatic hydroxyl groups is 1. The zero-order valence-electron chi connectivity index (χ0n) is 20.2. The van der Waals surface area contributed by atoms with Gasteiger partial charge in [-0.2, -0.15) is 21.5 Å². The van der Waals surface area contributed by atoms with Crippen molar-refractivity contribution in [3.8, 4) is 0 Å². The molecule has 0 heterocycles. The summed E-state index contributed by atoms with van der Waals surface area (Å²) in [7, 11) is 0. The molecule has 0 aliphatic rings. The Kier molecular flexibility index (Phi) is 37.1. The maximum Gasteiger partial charge on any atom is 0.408 e. The van der Waals surface area contributed by atoms with E-state index in [9.17, 15) is 4.79 Å². The van der Waals surface area contributed by atoms with Crippen molar-refractivity contribution in [1.82, 2.24) is 5.32 Å². The van der Waals surface area contributed by atoms with E-state index in [0.717, 1.165) is 30.5 Å². The summed E-state index contributed by atoms with van der Waals surface area (Å²) in [6.07, 6.45) is 4.26. The molecular weight excluding hydrogens is 679 g/mol. The van der Waals surface area contributed by atoms with Gasteiger partial charge in [-0.05, 0) is 6.26 Å². The zero-order chi connectivity index (χ0) is 26.9. The first-order valence-corrected chi connectivity index (χ1v) is 21.8.